The molecule has 5 nitrogen and oxygen atoms in total. The van der Waals surface area contributed by atoms with Crippen molar-refractivity contribution in [2.75, 3.05) is 26.2 Å². The molecule has 1 saturated heterocycles. The lowest BCUT2D eigenvalue weighted by molar-refractivity contribution is -0.0236. The summed E-state index contributed by atoms with van der Waals surface area (Å²) in [5, 5.41) is 17.0. The number of aliphatic imine (C=N–C) groups is 1. The number of halogens is 1. The molecule has 1 aliphatic heterocycles. The van der Waals surface area contributed by atoms with Crippen molar-refractivity contribution in [2.24, 2.45) is 4.99 Å². The van der Waals surface area contributed by atoms with E-state index in [-0.39, 0.29) is 24.0 Å². The van der Waals surface area contributed by atoms with E-state index in [9.17, 15) is 5.11 Å². The van der Waals surface area contributed by atoms with Crippen LogP contribution >= 0.6 is 24.0 Å². The Balaban J connectivity index is 0.00000243. The standard InChI is InChI=1S/C20H32N4O.HI/c1-2-21-19(23-16-20(25)11-7-12-20)22-14-18-10-6-13-24(18)15-17-8-4-3-5-9-17;/h3-5,8-9,18,25H,2,6-7,10-16H2,1H3,(H2,21,22,23);1H. The van der Waals surface area contributed by atoms with E-state index in [1.165, 1.54) is 18.4 Å². The van der Waals surface area contributed by atoms with Crippen LogP contribution in [0.1, 0.15) is 44.6 Å². The maximum absolute atomic E-state index is 10.2. The van der Waals surface area contributed by atoms with Crippen molar-refractivity contribution in [3.05, 3.63) is 35.9 Å². The third kappa shape index (κ3) is 6.09. The lowest BCUT2D eigenvalue weighted by Crippen LogP contribution is -2.46. The normalized spacial score (nSPS) is 22.4. The first kappa shape index (κ1) is 21.4. The molecule has 3 N–H and O–H groups in total. The number of benzene rings is 1. The number of rotatable bonds is 7. The summed E-state index contributed by atoms with van der Waals surface area (Å²) in [7, 11) is 0. The number of guanidine groups is 1. The first-order chi connectivity index (χ1) is 12.2. The van der Waals surface area contributed by atoms with E-state index in [1.54, 1.807) is 0 Å². The van der Waals surface area contributed by atoms with Crippen LogP contribution in [0.25, 0.3) is 0 Å². The highest BCUT2D eigenvalue weighted by molar-refractivity contribution is 14.0. The fourth-order valence-electron chi connectivity index (χ4n) is 3.68. The van der Waals surface area contributed by atoms with E-state index >= 15 is 0 Å². The molecule has 2 fully saturated rings. The van der Waals surface area contributed by atoms with E-state index in [1.807, 2.05) is 0 Å². The summed E-state index contributed by atoms with van der Waals surface area (Å²) < 4.78 is 0. The minimum Gasteiger partial charge on any atom is -0.388 e. The van der Waals surface area contributed by atoms with Crippen LogP contribution in [0.5, 0.6) is 0 Å². The number of nitrogens with one attached hydrogen (secondary N) is 2. The minimum absolute atomic E-state index is 0. The van der Waals surface area contributed by atoms with Crippen molar-refractivity contribution in [2.45, 2.75) is 57.2 Å². The highest BCUT2D eigenvalue weighted by Crippen LogP contribution is 2.31. The average molecular weight is 472 g/mol. The third-order valence-electron chi connectivity index (χ3n) is 5.39. The van der Waals surface area contributed by atoms with Gasteiger partial charge in [-0.3, -0.25) is 9.89 Å². The van der Waals surface area contributed by atoms with Crippen molar-refractivity contribution in [1.29, 1.82) is 0 Å². The molecular formula is C20H33IN4O. The zero-order chi connectivity index (χ0) is 17.5. The van der Waals surface area contributed by atoms with Gasteiger partial charge in [0.2, 0.25) is 0 Å². The second-order valence-electron chi connectivity index (χ2n) is 7.41. The van der Waals surface area contributed by atoms with Gasteiger partial charge in [0.1, 0.15) is 0 Å². The molecule has 1 unspecified atom stereocenters. The van der Waals surface area contributed by atoms with Crippen LogP contribution < -0.4 is 10.6 Å². The fourth-order valence-corrected chi connectivity index (χ4v) is 3.68. The summed E-state index contributed by atoms with van der Waals surface area (Å²) in [4.78, 5) is 7.16. The van der Waals surface area contributed by atoms with Crippen LogP contribution in [-0.2, 0) is 6.54 Å². The van der Waals surface area contributed by atoms with Crippen LogP contribution in [0.3, 0.4) is 0 Å². The van der Waals surface area contributed by atoms with Gasteiger partial charge in [-0.2, -0.15) is 0 Å². The minimum atomic E-state index is -0.560. The van der Waals surface area contributed by atoms with Gasteiger partial charge < -0.3 is 15.7 Å². The Bertz CT molecular complexity index is 562. The molecule has 0 aromatic heterocycles. The monoisotopic (exact) mass is 472 g/mol. The molecule has 3 rings (SSSR count). The van der Waals surface area contributed by atoms with Crippen molar-refractivity contribution in [3.8, 4) is 0 Å². The summed E-state index contributed by atoms with van der Waals surface area (Å²) in [6.45, 7) is 6.49. The molecule has 1 saturated carbocycles. The van der Waals surface area contributed by atoms with Crippen molar-refractivity contribution >= 4 is 29.9 Å². The summed E-state index contributed by atoms with van der Waals surface area (Å²) in [5.74, 6) is 0.828. The van der Waals surface area contributed by atoms with Gasteiger partial charge >= 0.3 is 0 Å². The topological polar surface area (TPSA) is 59.9 Å². The number of nitrogens with zero attached hydrogens (tertiary/aromatic N) is 2. The Morgan fingerprint density at radius 1 is 1.23 bits per heavy atom. The van der Waals surface area contributed by atoms with Gasteiger partial charge in [0.25, 0.3) is 0 Å². The van der Waals surface area contributed by atoms with Crippen LogP contribution in [0.2, 0.25) is 0 Å². The van der Waals surface area contributed by atoms with E-state index < -0.39 is 5.60 Å². The van der Waals surface area contributed by atoms with Gasteiger partial charge in [0, 0.05) is 25.7 Å². The number of likely N-dealkylation sites (tertiary alicyclic amines) is 1. The number of aliphatic hydroxyl groups is 1. The van der Waals surface area contributed by atoms with Crippen molar-refractivity contribution in [3.63, 3.8) is 0 Å². The predicted molar refractivity (Wildman–Crippen MR) is 118 cm³/mol. The van der Waals surface area contributed by atoms with E-state index in [2.05, 4.69) is 57.8 Å². The van der Waals surface area contributed by atoms with E-state index in [4.69, 9.17) is 0 Å². The maximum atomic E-state index is 10.2. The Hall–Kier alpha value is -0.860. The second-order valence-corrected chi connectivity index (χ2v) is 7.41. The number of hydrogen-bond acceptors (Lipinski definition) is 3. The smallest absolute Gasteiger partial charge is 0.191 e. The molecule has 1 heterocycles. The largest absolute Gasteiger partial charge is 0.388 e. The molecule has 146 valence electrons. The Labute approximate surface area is 174 Å². The molecule has 2 aliphatic rings. The Morgan fingerprint density at radius 2 is 2.00 bits per heavy atom. The molecule has 26 heavy (non-hydrogen) atoms. The molecule has 1 atom stereocenters. The highest BCUT2D eigenvalue weighted by Gasteiger charge is 2.34. The lowest BCUT2D eigenvalue weighted by Gasteiger charge is -2.35. The molecule has 6 heteroatoms. The summed E-state index contributed by atoms with van der Waals surface area (Å²) in [6.07, 6.45) is 5.36. The van der Waals surface area contributed by atoms with Crippen LogP contribution in [0, 0.1) is 0 Å². The summed E-state index contributed by atoms with van der Waals surface area (Å²) >= 11 is 0. The molecule has 1 aliphatic carbocycles. The SMILES string of the molecule is CCNC(=NCC1(O)CCC1)NCC1CCCN1Cc1ccccc1.I. The quantitative estimate of drug-likeness (QED) is 0.325. The molecule has 0 amide bonds. The molecule has 0 bridgehead atoms. The molecular weight excluding hydrogens is 439 g/mol. The zero-order valence-electron chi connectivity index (χ0n) is 15.8. The van der Waals surface area contributed by atoms with Gasteiger partial charge in [-0.25, -0.2) is 0 Å². The second kappa shape index (κ2) is 10.5. The van der Waals surface area contributed by atoms with Crippen LogP contribution in [0.4, 0.5) is 0 Å². The van der Waals surface area contributed by atoms with E-state index in [0.29, 0.717) is 12.6 Å². The van der Waals surface area contributed by atoms with Gasteiger partial charge in [-0.05, 0) is 51.1 Å². The molecule has 0 spiro atoms. The lowest BCUT2D eigenvalue weighted by atomic mass is 9.80. The van der Waals surface area contributed by atoms with Crippen molar-refractivity contribution < 1.29 is 5.11 Å². The predicted octanol–water partition coefficient (Wildman–Crippen LogP) is 2.74. The zero-order valence-corrected chi connectivity index (χ0v) is 18.1. The van der Waals surface area contributed by atoms with Gasteiger partial charge in [0.15, 0.2) is 5.96 Å². The first-order valence-corrected chi connectivity index (χ1v) is 9.71. The molecule has 1 aromatic carbocycles. The summed E-state index contributed by atoms with van der Waals surface area (Å²) in [6, 6.07) is 11.2. The third-order valence-corrected chi connectivity index (χ3v) is 5.39. The fraction of sp³-hybridized carbons (Fsp3) is 0.650. The van der Waals surface area contributed by atoms with Crippen LogP contribution in [-0.4, -0.2) is 53.8 Å². The maximum Gasteiger partial charge on any atom is 0.191 e. The van der Waals surface area contributed by atoms with Gasteiger partial charge in [-0.15, -0.1) is 24.0 Å². The first-order valence-electron chi connectivity index (χ1n) is 9.71. The average Bonchev–Trinajstić information content (AvgIpc) is 3.03. The number of hydrogen-bond donors (Lipinski definition) is 3. The van der Waals surface area contributed by atoms with Gasteiger partial charge in [-0.1, -0.05) is 30.3 Å². The Kier molecular flexibility index (Phi) is 8.63. The Morgan fingerprint density at radius 3 is 2.65 bits per heavy atom. The van der Waals surface area contributed by atoms with Crippen molar-refractivity contribution in [1.82, 2.24) is 15.5 Å². The van der Waals surface area contributed by atoms with Gasteiger partial charge in [0.05, 0.1) is 12.1 Å². The molecule has 1 aromatic rings. The highest BCUT2D eigenvalue weighted by atomic mass is 127. The molecule has 0 radical (unpaired) electrons. The van der Waals surface area contributed by atoms with Crippen LogP contribution in [0.15, 0.2) is 35.3 Å². The summed E-state index contributed by atoms with van der Waals surface area (Å²) in [5.41, 5.74) is 0.817. The van der Waals surface area contributed by atoms with E-state index in [0.717, 1.165) is 51.4 Å².